The fraction of sp³-hybridized carbons (Fsp3) is 1.00. The number of halogens is 1. The Balaban J connectivity index is 2.40. The van der Waals surface area contributed by atoms with Gasteiger partial charge in [-0.05, 0) is 23.7 Å². The third-order valence-corrected chi connectivity index (χ3v) is 4.20. The molecule has 1 nitrogen and oxygen atoms in total. The summed E-state index contributed by atoms with van der Waals surface area (Å²) < 4.78 is 5.09. The summed E-state index contributed by atoms with van der Waals surface area (Å²) in [5.74, 6) is 0. The summed E-state index contributed by atoms with van der Waals surface area (Å²) in [5.41, 5.74) is 1.07. The fourth-order valence-electron chi connectivity index (χ4n) is 1.82. The van der Waals surface area contributed by atoms with Gasteiger partial charge in [0, 0.05) is 19.0 Å². The Morgan fingerprint density at radius 2 is 2.00 bits per heavy atom. The maximum Gasteiger partial charge on any atom is 0.0468 e. The van der Waals surface area contributed by atoms with Gasteiger partial charge in [-0.1, -0.05) is 29.8 Å². The quantitative estimate of drug-likeness (QED) is 0.663. The predicted octanol–water partition coefficient (Wildman–Crippen LogP) is 2.83. The summed E-state index contributed by atoms with van der Waals surface area (Å²) in [7, 11) is 1.78. The van der Waals surface area contributed by atoms with Crippen LogP contribution in [0.4, 0.5) is 0 Å². The van der Waals surface area contributed by atoms with Crippen LogP contribution >= 0.6 is 15.9 Å². The molecule has 1 atom stereocenters. The van der Waals surface area contributed by atoms with Gasteiger partial charge in [-0.25, -0.2) is 0 Å². The van der Waals surface area contributed by atoms with E-state index in [-0.39, 0.29) is 0 Å². The zero-order valence-electron chi connectivity index (χ0n) is 7.61. The molecular formula is C9H17BrO. The lowest BCUT2D eigenvalue weighted by Crippen LogP contribution is -2.13. The van der Waals surface area contributed by atoms with E-state index >= 15 is 0 Å². The van der Waals surface area contributed by atoms with Crippen LogP contribution in [-0.2, 0) is 4.74 Å². The second-order valence-corrected chi connectivity index (χ2v) is 4.78. The van der Waals surface area contributed by atoms with Gasteiger partial charge in [0.25, 0.3) is 0 Å². The average Bonchev–Trinajstić information content (AvgIpc) is 2.50. The molecule has 0 aliphatic heterocycles. The largest absolute Gasteiger partial charge is 0.385 e. The summed E-state index contributed by atoms with van der Waals surface area (Å²) in [6.45, 7) is 5.57. The highest BCUT2D eigenvalue weighted by Crippen LogP contribution is 2.66. The molecule has 0 aromatic carbocycles. The third kappa shape index (κ3) is 1.62. The summed E-state index contributed by atoms with van der Waals surface area (Å²) in [4.78, 5) is 0. The minimum atomic E-state index is 0.531. The molecule has 1 saturated carbocycles. The van der Waals surface area contributed by atoms with Crippen molar-refractivity contribution < 1.29 is 4.74 Å². The lowest BCUT2D eigenvalue weighted by Gasteiger charge is -2.16. The first kappa shape index (κ1) is 9.53. The normalized spacial score (nSPS) is 33.8. The van der Waals surface area contributed by atoms with Crippen molar-refractivity contribution in [3.63, 3.8) is 0 Å². The van der Waals surface area contributed by atoms with E-state index in [0.717, 1.165) is 11.9 Å². The second-order valence-electron chi connectivity index (χ2n) is 4.22. The first-order valence-corrected chi connectivity index (χ1v) is 5.25. The Morgan fingerprint density at radius 3 is 2.27 bits per heavy atom. The van der Waals surface area contributed by atoms with Crippen LogP contribution in [0.2, 0.25) is 0 Å². The summed E-state index contributed by atoms with van der Waals surface area (Å²) in [5, 5.41) is 1.12. The molecular weight excluding hydrogens is 204 g/mol. The van der Waals surface area contributed by atoms with E-state index in [0.29, 0.717) is 10.8 Å². The van der Waals surface area contributed by atoms with Gasteiger partial charge in [-0.3, -0.25) is 0 Å². The van der Waals surface area contributed by atoms with Crippen LogP contribution in [0.25, 0.3) is 0 Å². The molecule has 0 spiro atoms. The molecule has 0 N–H and O–H groups in total. The lowest BCUT2D eigenvalue weighted by molar-refractivity contribution is 0.168. The second kappa shape index (κ2) is 3.06. The first-order chi connectivity index (χ1) is 5.08. The van der Waals surface area contributed by atoms with E-state index in [2.05, 4.69) is 29.8 Å². The van der Waals surface area contributed by atoms with Crippen LogP contribution in [0.15, 0.2) is 0 Å². The van der Waals surface area contributed by atoms with Gasteiger partial charge in [0.2, 0.25) is 0 Å². The molecule has 0 bridgehead atoms. The highest BCUT2D eigenvalue weighted by atomic mass is 79.9. The Labute approximate surface area is 77.6 Å². The van der Waals surface area contributed by atoms with Crippen LogP contribution in [-0.4, -0.2) is 19.0 Å². The number of hydrogen-bond donors (Lipinski definition) is 0. The van der Waals surface area contributed by atoms with E-state index in [9.17, 15) is 0 Å². The maximum absolute atomic E-state index is 5.09. The smallest absolute Gasteiger partial charge is 0.0468 e. The predicted molar refractivity (Wildman–Crippen MR) is 51.1 cm³/mol. The summed E-state index contributed by atoms with van der Waals surface area (Å²) in [6, 6.07) is 0. The van der Waals surface area contributed by atoms with E-state index in [1.54, 1.807) is 7.11 Å². The molecule has 2 heteroatoms. The first-order valence-electron chi connectivity index (χ1n) is 4.13. The van der Waals surface area contributed by atoms with Gasteiger partial charge in [0.05, 0.1) is 0 Å². The third-order valence-electron chi connectivity index (χ3n) is 3.13. The standard InChI is InChI=1S/C9H17BrO/c1-8(2)6-9(8,7-10)4-5-11-3/h4-7H2,1-3H3. The molecule has 0 aromatic rings. The van der Waals surface area contributed by atoms with Crippen molar-refractivity contribution in [2.45, 2.75) is 26.7 Å². The molecule has 1 unspecified atom stereocenters. The Morgan fingerprint density at radius 1 is 1.45 bits per heavy atom. The van der Waals surface area contributed by atoms with Gasteiger partial charge in [0.1, 0.15) is 0 Å². The van der Waals surface area contributed by atoms with Crippen molar-refractivity contribution >= 4 is 15.9 Å². The van der Waals surface area contributed by atoms with Crippen LogP contribution in [0.1, 0.15) is 26.7 Å². The molecule has 0 radical (unpaired) electrons. The molecule has 0 heterocycles. The molecule has 0 amide bonds. The van der Waals surface area contributed by atoms with E-state index in [1.165, 1.54) is 12.8 Å². The highest BCUT2D eigenvalue weighted by molar-refractivity contribution is 9.09. The van der Waals surface area contributed by atoms with Crippen molar-refractivity contribution in [3.05, 3.63) is 0 Å². The molecule has 1 rings (SSSR count). The van der Waals surface area contributed by atoms with Crippen molar-refractivity contribution in [2.75, 3.05) is 19.0 Å². The van der Waals surface area contributed by atoms with Gasteiger partial charge in [0.15, 0.2) is 0 Å². The van der Waals surface area contributed by atoms with Gasteiger partial charge >= 0.3 is 0 Å². The molecule has 66 valence electrons. The Kier molecular flexibility index (Phi) is 2.65. The monoisotopic (exact) mass is 220 g/mol. The molecule has 11 heavy (non-hydrogen) atoms. The van der Waals surface area contributed by atoms with Crippen molar-refractivity contribution in [1.29, 1.82) is 0 Å². The van der Waals surface area contributed by atoms with Crippen LogP contribution in [0, 0.1) is 10.8 Å². The highest BCUT2D eigenvalue weighted by Gasteiger charge is 2.59. The number of ether oxygens (including phenoxy) is 1. The minimum Gasteiger partial charge on any atom is -0.385 e. The number of hydrogen-bond acceptors (Lipinski definition) is 1. The van der Waals surface area contributed by atoms with Crippen LogP contribution < -0.4 is 0 Å². The number of rotatable bonds is 4. The molecule has 0 aromatic heterocycles. The SMILES string of the molecule is COCCC1(CBr)CC1(C)C. The summed E-state index contributed by atoms with van der Waals surface area (Å²) in [6.07, 6.45) is 2.54. The molecule has 0 saturated heterocycles. The van der Waals surface area contributed by atoms with Crippen molar-refractivity contribution in [3.8, 4) is 0 Å². The van der Waals surface area contributed by atoms with E-state index < -0.39 is 0 Å². The van der Waals surface area contributed by atoms with Gasteiger partial charge in [-0.15, -0.1) is 0 Å². The minimum absolute atomic E-state index is 0.531. The fourth-order valence-corrected chi connectivity index (χ4v) is 3.06. The Bertz CT molecular complexity index is 144. The zero-order valence-corrected chi connectivity index (χ0v) is 9.20. The van der Waals surface area contributed by atoms with E-state index in [1.807, 2.05) is 0 Å². The molecule has 1 aliphatic carbocycles. The van der Waals surface area contributed by atoms with Crippen molar-refractivity contribution in [2.24, 2.45) is 10.8 Å². The van der Waals surface area contributed by atoms with Gasteiger partial charge < -0.3 is 4.74 Å². The van der Waals surface area contributed by atoms with E-state index in [4.69, 9.17) is 4.74 Å². The molecule has 1 aliphatic rings. The number of alkyl halides is 1. The van der Waals surface area contributed by atoms with Crippen LogP contribution in [0.3, 0.4) is 0 Å². The average molecular weight is 221 g/mol. The Hall–Kier alpha value is 0.440. The van der Waals surface area contributed by atoms with Gasteiger partial charge in [-0.2, -0.15) is 0 Å². The zero-order chi connectivity index (χ0) is 8.54. The maximum atomic E-state index is 5.09. The lowest BCUT2D eigenvalue weighted by atomic mass is 9.95. The number of methoxy groups -OCH3 is 1. The van der Waals surface area contributed by atoms with Crippen molar-refractivity contribution in [1.82, 2.24) is 0 Å². The summed E-state index contributed by atoms with van der Waals surface area (Å²) >= 11 is 3.58. The van der Waals surface area contributed by atoms with Crippen LogP contribution in [0.5, 0.6) is 0 Å². The topological polar surface area (TPSA) is 9.23 Å². The molecule has 1 fully saturated rings.